The Morgan fingerprint density at radius 3 is 2.91 bits per heavy atom. The highest BCUT2D eigenvalue weighted by Gasteiger charge is 2.65. The lowest BCUT2D eigenvalue weighted by atomic mass is 9.99. The van der Waals surface area contributed by atoms with Gasteiger partial charge in [-0.1, -0.05) is 0 Å². The van der Waals surface area contributed by atoms with E-state index >= 15 is 0 Å². The van der Waals surface area contributed by atoms with Crippen LogP contribution in [0, 0.1) is 22.0 Å². The summed E-state index contributed by atoms with van der Waals surface area (Å²) in [6, 6.07) is -0.336. The highest BCUT2D eigenvalue weighted by atomic mass is 16.6. The van der Waals surface area contributed by atoms with Gasteiger partial charge in [0.15, 0.2) is 5.71 Å². The van der Waals surface area contributed by atoms with Crippen molar-refractivity contribution in [1.82, 2.24) is 0 Å². The maximum atomic E-state index is 10.4. The second-order valence-electron chi connectivity index (χ2n) is 3.43. The molecule has 0 amide bonds. The second kappa shape index (κ2) is 2.03. The third kappa shape index (κ3) is 0.852. The first-order chi connectivity index (χ1) is 5.22. The first-order valence-electron chi connectivity index (χ1n) is 3.96. The summed E-state index contributed by atoms with van der Waals surface area (Å²) in [6.07, 6.45) is 2.93. The van der Waals surface area contributed by atoms with Crippen molar-refractivity contribution in [2.24, 2.45) is 11.8 Å². The van der Waals surface area contributed by atoms with Crippen molar-refractivity contribution < 1.29 is 10.3 Å². The van der Waals surface area contributed by atoms with Crippen molar-refractivity contribution in [1.29, 1.82) is 0 Å². The average molecular weight is 155 g/mol. The van der Waals surface area contributed by atoms with E-state index in [0.29, 0.717) is 0 Å². The summed E-state index contributed by atoms with van der Waals surface area (Å²) >= 11 is 0. The molecule has 2 N–H and O–H groups in total. The van der Waals surface area contributed by atoms with Gasteiger partial charge in [-0.25, -0.2) is 0 Å². The molecule has 0 aromatic carbocycles. The highest BCUT2D eigenvalue weighted by molar-refractivity contribution is 5.85. The van der Waals surface area contributed by atoms with Gasteiger partial charge in [-0.05, 0) is 12.8 Å². The van der Waals surface area contributed by atoms with E-state index in [2.05, 4.69) is 0 Å². The molecule has 0 aromatic heterocycles. The minimum atomic E-state index is -0.336. The zero-order valence-corrected chi connectivity index (χ0v) is 6.19. The van der Waals surface area contributed by atoms with Crippen LogP contribution < -0.4 is 5.41 Å². The summed E-state index contributed by atoms with van der Waals surface area (Å²) in [5.74, 6) is 0.400. The van der Waals surface area contributed by atoms with Crippen LogP contribution in [0.5, 0.6) is 0 Å². The van der Waals surface area contributed by atoms with E-state index in [0.717, 1.165) is 25.0 Å². The molecule has 60 valence electrons. The number of rotatable bonds is 1. The molecule has 2 rings (SSSR count). The first-order valence-corrected chi connectivity index (χ1v) is 3.96. The summed E-state index contributed by atoms with van der Waals surface area (Å²) in [5, 5.41) is 16.1. The fraction of sp³-hybridized carbons (Fsp3) is 0.857. The van der Waals surface area contributed by atoms with Crippen LogP contribution in [0.1, 0.15) is 19.3 Å². The van der Waals surface area contributed by atoms with Gasteiger partial charge in [-0.15, -0.1) is 0 Å². The highest BCUT2D eigenvalue weighted by Crippen LogP contribution is 2.48. The minimum Gasteiger partial charge on any atom is -0.264 e. The second-order valence-corrected chi connectivity index (χ2v) is 3.43. The van der Waals surface area contributed by atoms with Crippen molar-refractivity contribution >= 4 is 5.71 Å². The summed E-state index contributed by atoms with van der Waals surface area (Å²) in [6.45, 7) is 0. The summed E-state index contributed by atoms with van der Waals surface area (Å²) in [5.41, 5.74) is 0.864. The molecule has 4 heteroatoms. The topological polar surface area (TPSA) is 68.7 Å². The number of hydrogen-bond acceptors (Lipinski definition) is 2. The van der Waals surface area contributed by atoms with Gasteiger partial charge in [0.1, 0.15) is 5.92 Å². The average Bonchev–Trinajstić information content (AvgIpc) is 2.62. The third-order valence-electron chi connectivity index (χ3n) is 2.80. The van der Waals surface area contributed by atoms with Gasteiger partial charge in [-0.3, -0.25) is 15.5 Å². The van der Waals surface area contributed by atoms with Crippen LogP contribution in [0.15, 0.2) is 0 Å². The molecule has 2 aliphatic carbocycles. The van der Waals surface area contributed by atoms with Crippen LogP contribution in [0.2, 0.25) is 0 Å². The lowest BCUT2D eigenvalue weighted by Gasteiger charge is -2.01. The van der Waals surface area contributed by atoms with Crippen LogP contribution >= 0.6 is 0 Å². The predicted molar refractivity (Wildman–Crippen MR) is 38.5 cm³/mol. The SMILES string of the molecule is [NH2+]=C1CCC[C@H]2[C@@H]1[C@@H]2[N+](=O)[O-]. The van der Waals surface area contributed by atoms with E-state index in [4.69, 9.17) is 5.41 Å². The molecule has 0 saturated heterocycles. The van der Waals surface area contributed by atoms with Crippen LogP contribution in [0.25, 0.3) is 0 Å². The summed E-state index contributed by atoms with van der Waals surface area (Å²) < 4.78 is 0. The Balaban J connectivity index is 2.10. The Morgan fingerprint density at radius 2 is 2.36 bits per heavy atom. The summed E-state index contributed by atoms with van der Waals surface area (Å²) in [4.78, 5) is 10.2. The van der Waals surface area contributed by atoms with Gasteiger partial charge in [0.25, 0.3) is 0 Å². The Hall–Kier alpha value is -0.930. The standard InChI is InChI=1S/C7H10N2O2/c8-5-3-1-2-4-6(5)7(4)9(10)11/h4,6-8H,1-3H2/p+1/t4-,6-,7+/m0/s1. The van der Waals surface area contributed by atoms with Crippen molar-refractivity contribution in [2.75, 3.05) is 0 Å². The van der Waals surface area contributed by atoms with Crippen molar-refractivity contribution in [3.63, 3.8) is 0 Å². The maximum Gasteiger partial charge on any atom is 0.229 e. The predicted octanol–water partition coefficient (Wildman–Crippen LogP) is -0.738. The molecule has 4 nitrogen and oxygen atoms in total. The molecule has 0 spiro atoms. The molecule has 2 saturated carbocycles. The zero-order chi connectivity index (χ0) is 8.01. The van der Waals surface area contributed by atoms with E-state index in [1.165, 1.54) is 0 Å². The molecular weight excluding hydrogens is 144 g/mol. The van der Waals surface area contributed by atoms with Gasteiger partial charge < -0.3 is 0 Å². The number of hydrogen-bond donors (Lipinski definition) is 1. The van der Waals surface area contributed by atoms with E-state index in [1.807, 2.05) is 0 Å². The maximum absolute atomic E-state index is 10.4. The molecule has 2 fully saturated rings. The van der Waals surface area contributed by atoms with Gasteiger partial charge in [0.05, 0.1) is 0 Å². The van der Waals surface area contributed by atoms with Crippen LogP contribution in [0.3, 0.4) is 0 Å². The van der Waals surface area contributed by atoms with E-state index in [1.54, 1.807) is 0 Å². The molecule has 0 aromatic rings. The molecular formula is C7H11N2O2+. The van der Waals surface area contributed by atoms with Gasteiger partial charge in [0.2, 0.25) is 6.04 Å². The van der Waals surface area contributed by atoms with E-state index in [9.17, 15) is 10.1 Å². The Morgan fingerprint density at radius 1 is 1.64 bits per heavy atom. The Kier molecular flexibility index (Phi) is 1.25. The lowest BCUT2D eigenvalue weighted by molar-refractivity contribution is -0.500. The molecule has 2 aliphatic rings. The van der Waals surface area contributed by atoms with Gasteiger partial charge >= 0.3 is 0 Å². The van der Waals surface area contributed by atoms with Crippen LogP contribution in [-0.4, -0.2) is 16.7 Å². The molecule has 0 heterocycles. The molecule has 0 aliphatic heterocycles. The Bertz CT molecular complexity index is 222. The quantitative estimate of drug-likeness (QED) is 0.400. The third-order valence-corrected chi connectivity index (χ3v) is 2.80. The monoisotopic (exact) mass is 155 g/mol. The fourth-order valence-electron chi connectivity index (χ4n) is 2.20. The van der Waals surface area contributed by atoms with Crippen LogP contribution in [0.4, 0.5) is 0 Å². The summed E-state index contributed by atoms with van der Waals surface area (Å²) in [7, 11) is 0. The van der Waals surface area contributed by atoms with Crippen LogP contribution in [-0.2, 0) is 0 Å². The van der Waals surface area contributed by atoms with Crippen molar-refractivity contribution in [2.45, 2.75) is 25.3 Å². The number of nitrogens with zero attached hydrogens (tertiary/aromatic N) is 1. The van der Waals surface area contributed by atoms with Crippen molar-refractivity contribution in [3.8, 4) is 0 Å². The normalized spacial score (nSPS) is 41.5. The zero-order valence-electron chi connectivity index (χ0n) is 6.19. The molecule has 3 atom stereocenters. The number of nitro groups is 1. The van der Waals surface area contributed by atoms with E-state index < -0.39 is 0 Å². The molecule has 0 radical (unpaired) electrons. The molecule has 11 heavy (non-hydrogen) atoms. The first kappa shape index (κ1) is 6.76. The fourth-order valence-corrected chi connectivity index (χ4v) is 2.20. The van der Waals surface area contributed by atoms with Gasteiger partial charge in [-0.2, -0.15) is 0 Å². The molecule has 0 bridgehead atoms. The van der Waals surface area contributed by atoms with E-state index in [-0.39, 0.29) is 22.8 Å². The minimum absolute atomic E-state index is 0.124. The largest absolute Gasteiger partial charge is 0.264 e. The number of fused-ring (bicyclic) bond motifs is 1. The Labute approximate surface area is 64.3 Å². The number of nitrogens with two attached hydrogens (primary N) is 1. The molecule has 0 unspecified atom stereocenters. The lowest BCUT2D eigenvalue weighted by Crippen LogP contribution is -2.43. The van der Waals surface area contributed by atoms with Crippen molar-refractivity contribution in [3.05, 3.63) is 10.1 Å². The van der Waals surface area contributed by atoms with Gasteiger partial charge in [0, 0.05) is 17.3 Å². The smallest absolute Gasteiger partial charge is 0.229 e.